The first-order chi connectivity index (χ1) is 11.3. The smallest absolute Gasteiger partial charge is 0.253 e. The Kier molecular flexibility index (Phi) is 3.83. The minimum atomic E-state index is 0.136. The van der Waals surface area contributed by atoms with Gasteiger partial charge >= 0.3 is 0 Å². The van der Waals surface area contributed by atoms with Crippen molar-refractivity contribution < 1.29 is 4.79 Å². The molecule has 23 heavy (non-hydrogen) atoms. The molecule has 0 radical (unpaired) electrons. The fraction of sp³-hybridized carbons (Fsp3) is 0.263. The average Bonchev–Trinajstić information content (AvgIpc) is 3.06. The Morgan fingerprint density at radius 3 is 2.70 bits per heavy atom. The van der Waals surface area contributed by atoms with Gasteiger partial charge in [-0.05, 0) is 37.1 Å². The third-order valence-electron chi connectivity index (χ3n) is 4.39. The highest BCUT2D eigenvalue weighted by molar-refractivity contribution is 7.18. The Morgan fingerprint density at radius 2 is 1.87 bits per heavy atom. The molecular formula is C19H18N2OS. The number of hydrogen-bond donors (Lipinski definition) is 0. The van der Waals surface area contributed by atoms with Crippen molar-refractivity contribution in [2.45, 2.75) is 18.8 Å². The number of piperidine rings is 1. The molecule has 1 aromatic heterocycles. The number of fused-ring (bicyclic) bond motifs is 1. The predicted octanol–water partition coefficient (Wildman–Crippen LogP) is 4.32. The molecule has 0 aliphatic carbocycles. The summed E-state index contributed by atoms with van der Waals surface area (Å²) in [5, 5.41) is 1.16. The summed E-state index contributed by atoms with van der Waals surface area (Å²) in [5.74, 6) is 0.491. The van der Waals surface area contributed by atoms with E-state index in [1.54, 1.807) is 11.3 Å². The second-order valence-electron chi connectivity index (χ2n) is 5.98. The van der Waals surface area contributed by atoms with Gasteiger partial charge in [0.05, 0.1) is 15.2 Å². The molecule has 0 unspecified atom stereocenters. The highest BCUT2D eigenvalue weighted by Gasteiger charge is 2.27. The van der Waals surface area contributed by atoms with Crippen molar-refractivity contribution in [3.8, 4) is 0 Å². The number of aromatic nitrogens is 1. The van der Waals surface area contributed by atoms with Crippen molar-refractivity contribution in [3.05, 3.63) is 65.2 Å². The molecule has 4 heteroatoms. The van der Waals surface area contributed by atoms with E-state index in [-0.39, 0.29) is 5.91 Å². The first-order valence-corrected chi connectivity index (χ1v) is 8.83. The first kappa shape index (κ1) is 14.4. The Hall–Kier alpha value is -2.20. The zero-order valence-corrected chi connectivity index (χ0v) is 13.6. The van der Waals surface area contributed by atoms with E-state index in [1.165, 1.54) is 4.70 Å². The average molecular weight is 322 g/mol. The van der Waals surface area contributed by atoms with Crippen molar-refractivity contribution in [2.75, 3.05) is 13.1 Å². The lowest BCUT2D eigenvalue weighted by Crippen LogP contribution is -2.39. The van der Waals surface area contributed by atoms with E-state index < -0.39 is 0 Å². The van der Waals surface area contributed by atoms with Crippen molar-refractivity contribution >= 4 is 27.5 Å². The maximum Gasteiger partial charge on any atom is 0.253 e. The molecule has 1 atom stereocenters. The van der Waals surface area contributed by atoms with Crippen molar-refractivity contribution in [1.82, 2.24) is 9.88 Å². The normalized spacial score (nSPS) is 18.3. The molecule has 2 aromatic carbocycles. The first-order valence-electron chi connectivity index (χ1n) is 8.01. The topological polar surface area (TPSA) is 33.2 Å². The second kappa shape index (κ2) is 6.13. The number of para-hydroxylation sites is 1. The molecule has 0 bridgehead atoms. The van der Waals surface area contributed by atoms with E-state index in [0.29, 0.717) is 5.92 Å². The van der Waals surface area contributed by atoms with Gasteiger partial charge in [0.2, 0.25) is 0 Å². The van der Waals surface area contributed by atoms with Gasteiger partial charge in [0.25, 0.3) is 5.91 Å². The van der Waals surface area contributed by atoms with E-state index in [2.05, 4.69) is 18.2 Å². The fourth-order valence-electron chi connectivity index (χ4n) is 3.19. The summed E-state index contributed by atoms with van der Waals surface area (Å²) in [4.78, 5) is 19.4. The Bertz CT molecular complexity index is 795. The van der Waals surface area contributed by atoms with Gasteiger partial charge in [-0.1, -0.05) is 30.3 Å². The lowest BCUT2D eigenvalue weighted by molar-refractivity contribution is 0.0707. The number of benzene rings is 2. The van der Waals surface area contributed by atoms with Gasteiger partial charge in [-0.3, -0.25) is 4.79 Å². The molecule has 0 spiro atoms. The van der Waals surface area contributed by atoms with Crippen LogP contribution >= 0.6 is 11.3 Å². The molecule has 0 N–H and O–H groups in total. The van der Waals surface area contributed by atoms with E-state index in [9.17, 15) is 4.79 Å². The van der Waals surface area contributed by atoms with Crippen LogP contribution in [0.25, 0.3) is 10.2 Å². The lowest BCUT2D eigenvalue weighted by Gasteiger charge is -2.31. The summed E-state index contributed by atoms with van der Waals surface area (Å²) in [6.45, 7) is 1.61. The number of nitrogens with zero attached hydrogens (tertiary/aromatic N) is 2. The molecule has 1 amide bonds. The van der Waals surface area contributed by atoms with Crippen molar-refractivity contribution in [1.29, 1.82) is 0 Å². The van der Waals surface area contributed by atoms with Gasteiger partial charge in [0.15, 0.2) is 0 Å². The van der Waals surface area contributed by atoms with Crippen LogP contribution in [0.15, 0.2) is 54.6 Å². The molecule has 1 fully saturated rings. The molecule has 1 aliphatic heterocycles. The SMILES string of the molecule is O=C(c1ccccc1)N1CCC[C@H](c2nc3ccccc3s2)C1. The van der Waals surface area contributed by atoms with E-state index in [4.69, 9.17) is 4.98 Å². The van der Waals surface area contributed by atoms with Crippen LogP contribution in [-0.2, 0) is 0 Å². The van der Waals surface area contributed by atoms with Crippen LogP contribution in [0, 0.1) is 0 Å². The predicted molar refractivity (Wildman–Crippen MR) is 93.9 cm³/mol. The van der Waals surface area contributed by atoms with Gasteiger partial charge in [0.1, 0.15) is 0 Å². The number of thiazole rings is 1. The van der Waals surface area contributed by atoms with Gasteiger partial charge < -0.3 is 4.90 Å². The highest BCUT2D eigenvalue weighted by Crippen LogP contribution is 2.33. The Labute approximate surface area is 139 Å². The largest absolute Gasteiger partial charge is 0.338 e. The second-order valence-corrected chi connectivity index (χ2v) is 7.04. The minimum Gasteiger partial charge on any atom is -0.338 e. The van der Waals surface area contributed by atoms with Gasteiger partial charge in [0, 0.05) is 24.6 Å². The van der Waals surface area contributed by atoms with Crippen LogP contribution in [0.1, 0.15) is 34.1 Å². The maximum atomic E-state index is 12.7. The summed E-state index contributed by atoms with van der Waals surface area (Å²) in [7, 11) is 0. The Balaban J connectivity index is 1.56. The number of carbonyl (C=O) groups is 1. The van der Waals surface area contributed by atoms with E-state index in [0.717, 1.165) is 42.0 Å². The monoisotopic (exact) mass is 322 g/mol. The summed E-state index contributed by atoms with van der Waals surface area (Å²) < 4.78 is 1.23. The number of carbonyl (C=O) groups excluding carboxylic acids is 1. The summed E-state index contributed by atoms with van der Waals surface area (Å²) >= 11 is 1.76. The van der Waals surface area contributed by atoms with Crippen LogP contribution in [0.3, 0.4) is 0 Å². The van der Waals surface area contributed by atoms with Crippen LogP contribution in [0.5, 0.6) is 0 Å². The van der Waals surface area contributed by atoms with Crippen LogP contribution in [-0.4, -0.2) is 28.9 Å². The van der Waals surface area contributed by atoms with E-state index in [1.807, 2.05) is 41.3 Å². The van der Waals surface area contributed by atoms with Crippen molar-refractivity contribution in [2.24, 2.45) is 0 Å². The molecule has 1 saturated heterocycles. The molecule has 116 valence electrons. The molecule has 3 aromatic rings. The molecule has 0 saturated carbocycles. The Morgan fingerprint density at radius 1 is 1.09 bits per heavy atom. The maximum absolute atomic E-state index is 12.7. The molecule has 1 aliphatic rings. The quantitative estimate of drug-likeness (QED) is 0.704. The number of amides is 1. The van der Waals surface area contributed by atoms with Gasteiger partial charge in [-0.25, -0.2) is 4.98 Å². The molecule has 4 rings (SSSR count). The fourth-order valence-corrected chi connectivity index (χ4v) is 4.28. The van der Waals surface area contributed by atoms with Gasteiger partial charge in [-0.2, -0.15) is 0 Å². The van der Waals surface area contributed by atoms with Crippen LogP contribution in [0.2, 0.25) is 0 Å². The van der Waals surface area contributed by atoms with E-state index >= 15 is 0 Å². The number of likely N-dealkylation sites (tertiary alicyclic amines) is 1. The highest BCUT2D eigenvalue weighted by atomic mass is 32.1. The lowest BCUT2D eigenvalue weighted by atomic mass is 9.98. The molecule has 2 heterocycles. The zero-order chi connectivity index (χ0) is 15.6. The third-order valence-corrected chi connectivity index (χ3v) is 5.59. The van der Waals surface area contributed by atoms with Crippen LogP contribution < -0.4 is 0 Å². The van der Waals surface area contributed by atoms with Crippen molar-refractivity contribution in [3.63, 3.8) is 0 Å². The molecule has 3 nitrogen and oxygen atoms in total. The molecular weight excluding hydrogens is 304 g/mol. The zero-order valence-electron chi connectivity index (χ0n) is 12.8. The summed E-state index contributed by atoms with van der Waals surface area (Å²) in [6, 6.07) is 17.8. The summed E-state index contributed by atoms with van der Waals surface area (Å²) in [6.07, 6.45) is 2.15. The third kappa shape index (κ3) is 2.86. The minimum absolute atomic E-state index is 0.136. The van der Waals surface area contributed by atoms with Crippen LogP contribution in [0.4, 0.5) is 0 Å². The number of hydrogen-bond acceptors (Lipinski definition) is 3. The summed E-state index contributed by atoms with van der Waals surface area (Å²) in [5.41, 5.74) is 1.84. The number of rotatable bonds is 2. The standard InChI is InChI=1S/C19H18N2OS/c22-19(14-7-2-1-3-8-14)21-12-6-9-15(13-21)18-20-16-10-4-5-11-17(16)23-18/h1-5,7-8,10-11,15H,6,9,12-13H2/t15-/m0/s1. The van der Waals surface area contributed by atoms with Gasteiger partial charge in [-0.15, -0.1) is 11.3 Å².